The largest absolute Gasteiger partial charge is 0.493 e. The predicted octanol–water partition coefficient (Wildman–Crippen LogP) is 4.10. The molecule has 142 valence electrons. The van der Waals surface area contributed by atoms with Crippen LogP contribution in [0.4, 0.5) is 0 Å². The summed E-state index contributed by atoms with van der Waals surface area (Å²) >= 11 is 0. The summed E-state index contributed by atoms with van der Waals surface area (Å²) in [5.74, 6) is 0.603. The van der Waals surface area contributed by atoms with Crippen molar-refractivity contribution in [2.75, 3.05) is 21.3 Å². The Morgan fingerprint density at radius 2 is 1.74 bits per heavy atom. The van der Waals surface area contributed by atoms with Gasteiger partial charge in [-0.3, -0.25) is 4.79 Å². The van der Waals surface area contributed by atoms with Crippen LogP contribution in [0.3, 0.4) is 0 Å². The fourth-order valence-corrected chi connectivity index (χ4v) is 3.57. The Kier molecular flexibility index (Phi) is 4.99. The fraction of sp³-hybridized carbons (Fsp3) is 0.286. The van der Waals surface area contributed by atoms with Crippen molar-refractivity contribution in [2.24, 2.45) is 0 Å². The second-order valence-electron chi connectivity index (χ2n) is 6.44. The number of rotatable bonds is 6. The maximum atomic E-state index is 11.6. The molecule has 0 bridgehead atoms. The quantitative estimate of drug-likeness (QED) is 0.684. The van der Waals surface area contributed by atoms with Crippen LogP contribution in [0.25, 0.3) is 22.2 Å². The van der Waals surface area contributed by atoms with Gasteiger partial charge in [0.1, 0.15) is 0 Å². The number of nitrogens with one attached hydrogen (secondary N) is 1. The molecule has 0 unspecified atom stereocenters. The van der Waals surface area contributed by atoms with Crippen molar-refractivity contribution in [2.45, 2.75) is 20.3 Å². The number of aromatic nitrogens is 1. The fourth-order valence-electron chi connectivity index (χ4n) is 3.57. The van der Waals surface area contributed by atoms with Gasteiger partial charge in [0.15, 0.2) is 11.5 Å². The van der Waals surface area contributed by atoms with Gasteiger partial charge in [0.05, 0.1) is 33.4 Å². The molecule has 0 aliphatic heterocycles. The number of hydrogen-bond acceptors (Lipinski definition) is 4. The second-order valence-corrected chi connectivity index (χ2v) is 6.44. The van der Waals surface area contributed by atoms with Gasteiger partial charge in [-0.25, -0.2) is 0 Å². The molecule has 1 heterocycles. The van der Waals surface area contributed by atoms with E-state index in [1.54, 1.807) is 27.4 Å². The predicted molar refractivity (Wildman–Crippen MR) is 104 cm³/mol. The van der Waals surface area contributed by atoms with Crippen molar-refractivity contribution in [3.63, 3.8) is 0 Å². The average Bonchev–Trinajstić information content (AvgIpc) is 2.98. The molecule has 0 fully saturated rings. The van der Waals surface area contributed by atoms with Gasteiger partial charge in [0.2, 0.25) is 5.75 Å². The normalized spacial score (nSPS) is 10.9. The Bertz CT molecular complexity index is 1020. The second kappa shape index (κ2) is 7.23. The third kappa shape index (κ3) is 3.18. The summed E-state index contributed by atoms with van der Waals surface area (Å²) in [5.41, 5.74) is 5.20. The molecule has 0 saturated carbocycles. The molecule has 6 nitrogen and oxygen atoms in total. The van der Waals surface area contributed by atoms with Crippen LogP contribution in [0.2, 0.25) is 0 Å². The van der Waals surface area contributed by atoms with Crippen molar-refractivity contribution in [1.29, 1.82) is 0 Å². The van der Waals surface area contributed by atoms with Crippen molar-refractivity contribution in [3.8, 4) is 28.5 Å². The zero-order valence-electron chi connectivity index (χ0n) is 16.1. The first kappa shape index (κ1) is 18.6. The molecule has 0 atom stereocenters. The number of aromatic amines is 1. The molecule has 6 heteroatoms. The zero-order chi connectivity index (χ0) is 19.7. The molecule has 1 aromatic heterocycles. The highest BCUT2D eigenvalue weighted by molar-refractivity contribution is 5.97. The van der Waals surface area contributed by atoms with Gasteiger partial charge >= 0.3 is 5.97 Å². The number of H-pyrrole nitrogens is 1. The first-order chi connectivity index (χ1) is 12.9. The van der Waals surface area contributed by atoms with Crippen LogP contribution in [-0.2, 0) is 11.2 Å². The van der Waals surface area contributed by atoms with Crippen molar-refractivity contribution >= 4 is 16.9 Å². The minimum Gasteiger partial charge on any atom is -0.493 e. The van der Waals surface area contributed by atoms with E-state index in [1.165, 1.54) is 0 Å². The Morgan fingerprint density at radius 1 is 1.04 bits per heavy atom. The topological polar surface area (TPSA) is 80.8 Å². The average molecular weight is 369 g/mol. The third-order valence-corrected chi connectivity index (χ3v) is 4.66. The number of hydrogen-bond donors (Lipinski definition) is 2. The van der Waals surface area contributed by atoms with Gasteiger partial charge in [0, 0.05) is 16.5 Å². The summed E-state index contributed by atoms with van der Waals surface area (Å²) in [6.45, 7) is 4.01. The molecule has 27 heavy (non-hydrogen) atoms. The Labute approximate surface area is 157 Å². The van der Waals surface area contributed by atoms with E-state index >= 15 is 0 Å². The van der Waals surface area contributed by atoms with E-state index in [0.717, 1.165) is 33.2 Å². The molecule has 0 aliphatic rings. The SMILES string of the molecule is COc1ccc(-c2[nH]c3c(C)cc(C)cc3c2CC(=O)O)c(OC)c1OC. The molecule has 3 rings (SSSR count). The lowest BCUT2D eigenvalue weighted by molar-refractivity contribution is -0.136. The molecule has 0 amide bonds. The molecule has 2 N–H and O–H groups in total. The standard InChI is InChI=1S/C21H23NO5/c1-11-8-12(2)18-14(9-11)15(10-17(23)24)19(22-18)13-6-7-16(25-3)21(27-5)20(13)26-4/h6-9,22H,10H2,1-5H3,(H,23,24). The molecular formula is C21H23NO5. The van der Waals surface area contributed by atoms with Crippen LogP contribution in [0.1, 0.15) is 16.7 Å². The molecule has 0 radical (unpaired) electrons. The van der Waals surface area contributed by atoms with Gasteiger partial charge in [-0.1, -0.05) is 11.6 Å². The highest BCUT2D eigenvalue weighted by Gasteiger charge is 2.23. The van der Waals surface area contributed by atoms with Gasteiger partial charge in [0.25, 0.3) is 0 Å². The summed E-state index contributed by atoms with van der Waals surface area (Å²) < 4.78 is 16.4. The highest BCUT2D eigenvalue weighted by atomic mass is 16.5. The maximum Gasteiger partial charge on any atom is 0.307 e. The number of ether oxygens (including phenoxy) is 3. The van der Waals surface area contributed by atoms with Crippen LogP contribution in [-0.4, -0.2) is 37.4 Å². The summed E-state index contributed by atoms with van der Waals surface area (Å²) in [4.78, 5) is 15.0. The van der Waals surface area contributed by atoms with Crippen LogP contribution in [0.5, 0.6) is 17.2 Å². The van der Waals surface area contributed by atoms with E-state index in [2.05, 4.69) is 11.1 Å². The van der Waals surface area contributed by atoms with E-state index in [4.69, 9.17) is 14.2 Å². The monoisotopic (exact) mass is 369 g/mol. The Balaban J connectivity index is 2.37. The lowest BCUT2D eigenvalue weighted by Crippen LogP contribution is -2.02. The van der Waals surface area contributed by atoms with E-state index in [9.17, 15) is 9.90 Å². The summed E-state index contributed by atoms with van der Waals surface area (Å²) in [5, 5.41) is 10.4. The number of aliphatic carboxylic acids is 1. The summed E-state index contributed by atoms with van der Waals surface area (Å²) in [7, 11) is 4.65. The van der Waals surface area contributed by atoms with E-state index in [1.807, 2.05) is 26.0 Å². The van der Waals surface area contributed by atoms with E-state index in [0.29, 0.717) is 22.9 Å². The van der Waals surface area contributed by atoms with E-state index < -0.39 is 5.97 Å². The van der Waals surface area contributed by atoms with Crippen LogP contribution < -0.4 is 14.2 Å². The number of fused-ring (bicyclic) bond motifs is 1. The first-order valence-electron chi connectivity index (χ1n) is 8.54. The molecule has 3 aromatic rings. The molecule has 0 saturated heterocycles. The molecular weight excluding hydrogens is 346 g/mol. The van der Waals surface area contributed by atoms with Crippen LogP contribution in [0.15, 0.2) is 24.3 Å². The molecule has 2 aromatic carbocycles. The summed E-state index contributed by atoms with van der Waals surface area (Å²) in [6, 6.07) is 7.70. The van der Waals surface area contributed by atoms with Gasteiger partial charge in [-0.05, 0) is 43.2 Å². The van der Waals surface area contributed by atoms with Gasteiger partial charge in [-0.15, -0.1) is 0 Å². The third-order valence-electron chi connectivity index (χ3n) is 4.66. The number of carbonyl (C=O) groups is 1. The number of methoxy groups -OCH3 is 3. The minimum absolute atomic E-state index is 0.101. The number of carboxylic acid groups (broad SMARTS) is 1. The van der Waals surface area contributed by atoms with E-state index in [-0.39, 0.29) is 6.42 Å². The highest BCUT2D eigenvalue weighted by Crippen LogP contribution is 2.46. The minimum atomic E-state index is -0.893. The van der Waals surface area contributed by atoms with Crippen molar-refractivity contribution in [1.82, 2.24) is 4.98 Å². The lowest BCUT2D eigenvalue weighted by Gasteiger charge is -2.16. The van der Waals surface area contributed by atoms with Gasteiger partial charge in [-0.2, -0.15) is 0 Å². The molecule has 0 aliphatic carbocycles. The first-order valence-corrected chi connectivity index (χ1v) is 8.54. The van der Waals surface area contributed by atoms with Crippen LogP contribution >= 0.6 is 0 Å². The Hall–Kier alpha value is -3.15. The van der Waals surface area contributed by atoms with Crippen molar-refractivity contribution in [3.05, 3.63) is 41.0 Å². The maximum absolute atomic E-state index is 11.6. The number of carboxylic acids is 1. The van der Waals surface area contributed by atoms with Crippen LogP contribution in [0, 0.1) is 13.8 Å². The van der Waals surface area contributed by atoms with Crippen molar-refractivity contribution < 1.29 is 24.1 Å². The lowest BCUT2D eigenvalue weighted by atomic mass is 9.99. The van der Waals surface area contributed by atoms with Gasteiger partial charge < -0.3 is 24.3 Å². The smallest absolute Gasteiger partial charge is 0.307 e. The zero-order valence-corrected chi connectivity index (χ0v) is 16.1. The number of benzene rings is 2. The summed E-state index contributed by atoms with van der Waals surface area (Å²) in [6.07, 6.45) is -0.101. The molecule has 0 spiro atoms. The Morgan fingerprint density at radius 3 is 2.33 bits per heavy atom. The number of aryl methyl sites for hydroxylation is 2.